The lowest BCUT2D eigenvalue weighted by molar-refractivity contribution is 0.275. The molecule has 0 saturated heterocycles. The molecule has 1 aliphatic rings. The lowest BCUT2D eigenvalue weighted by atomic mass is 9.81. The molecule has 120 valence electrons. The summed E-state index contributed by atoms with van der Waals surface area (Å²) in [5.41, 5.74) is 2.17. The van der Waals surface area contributed by atoms with Crippen LogP contribution in [0.3, 0.4) is 0 Å². The predicted octanol–water partition coefficient (Wildman–Crippen LogP) is 4.42. The van der Waals surface area contributed by atoms with Gasteiger partial charge in [0.05, 0.1) is 16.4 Å². The number of aromatic nitrogens is 2. The van der Waals surface area contributed by atoms with Crippen LogP contribution in [0.5, 0.6) is 0 Å². The Kier molecular flexibility index (Phi) is 6.56. The smallest absolute Gasteiger partial charge is 0.0863 e. The zero-order chi connectivity index (χ0) is 15.2. The molecule has 3 nitrogen and oxygen atoms in total. The summed E-state index contributed by atoms with van der Waals surface area (Å²) in [6, 6.07) is 0. The van der Waals surface area contributed by atoms with E-state index in [0.717, 1.165) is 54.3 Å². The van der Waals surface area contributed by atoms with Crippen LogP contribution in [-0.2, 0) is 19.5 Å². The van der Waals surface area contributed by atoms with E-state index < -0.39 is 0 Å². The van der Waals surface area contributed by atoms with Gasteiger partial charge in [-0.2, -0.15) is 5.10 Å². The van der Waals surface area contributed by atoms with Crippen molar-refractivity contribution < 1.29 is 0 Å². The van der Waals surface area contributed by atoms with E-state index in [-0.39, 0.29) is 0 Å². The van der Waals surface area contributed by atoms with Crippen LogP contribution in [0.1, 0.15) is 64.3 Å². The standard InChI is InChI=1S/C17H30ClN3/c1-4-15-17(18)16(21(5-2)20-15)12-19-11-10-14-8-6-13(3)7-9-14/h13-14,19H,4-12H2,1-3H3. The molecule has 0 atom stereocenters. The van der Waals surface area contributed by atoms with E-state index in [0.29, 0.717) is 0 Å². The van der Waals surface area contributed by atoms with Crippen LogP contribution in [0.4, 0.5) is 0 Å². The molecule has 1 saturated carbocycles. The minimum absolute atomic E-state index is 0.836. The van der Waals surface area contributed by atoms with Crippen LogP contribution >= 0.6 is 11.6 Å². The highest BCUT2D eigenvalue weighted by Crippen LogP contribution is 2.30. The number of halogens is 1. The van der Waals surface area contributed by atoms with Crippen LogP contribution in [-0.4, -0.2) is 16.3 Å². The summed E-state index contributed by atoms with van der Waals surface area (Å²) in [6.45, 7) is 9.42. The van der Waals surface area contributed by atoms with Gasteiger partial charge in [-0.15, -0.1) is 0 Å². The molecular weight excluding hydrogens is 282 g/mol. The average Bonchev–Trinajstić information content (AvgIpc) is 2.81. The molecule has 1 aromatic heterocycles. The van der Waals surface area contributed by atoms with E-state index in [2.05, 4.69) is 31.2 Å². The quantitative estimate of drug-likeness (QED) is 0.755. The van der Waals surface area contributed by atoms with Crippen LogP contribution < -0.4 is 5.32 Å². The zero-order valence-electron chi connectivity index (χ0n) is 13.8. The van der Waals surface area contributed by atoms with Crippen molar-refractivity contribution in [1.82, 2.24) is 15.1 Å². The highest BCUT2D eigenvalue weighted by Gasteiger charge is 2.18. The molecular formula is C17H30ClN3. The van der Waals surface area contributed by atoms with Crippen molar-refractivity contribution in [1.29, 1.82) is 0 Å². The minimum atomic E-state index is 0.836. The molecule has 0 amide bonds. The zero-order valence-corrected chi connectivity index (χ0v) is 14.5. The lowest BCUT2D eigenvalue weighted by Crippen LogP contribution is -2.22. The Bertz CT molecular complexity index is 433. The van der Waals surface area contributed by atoms with Gasteiger partial charge in [0.25, 0.3) is 0 Å². The summed E-state index contributed by atoms with van der Waals surface area (Å²) in [5.74, 6) is 1.87. The van der Waals surface area contributed by atoms with Gasteiger partial charge in [0.2, 0.25) is 0 Å². The van der Waals surface area contributed by atoms with Gasteiger partial charge < -0.3 is 5.32 Å². The number of hydrogen-bond acceptors (Lipinski definition) is 2. The number of aryl methyl sites for hydroxylation is 2. The Hall–Kier alpha value is -0.540. The maximum absolute atomic E-state index is 6.43. The normalized spacial score (nSPS) is 22.7. The van der Waals surface area contributed by atoms with E-state index in [9.17, 15) is 0 Å². The molecule has 0 bridgehead atoms. The summed E-state index contributed by atoms with van der Waals surface area (Å²) in [6.07, 6.45) is 7.86. The van der Waals surface area contributed by atoms with Crippen molar-refractivity contribution in [2.45, 2.75) is 72.4 Å². The van der Waals surface area contributed by atoms with Crippen molar-refractivity contribution in [3.8, 4) is 0 Å². The third-order valence-corrected chi connectivity index (χ3v) is 5.29. The maximum atomic E-state index is 6.43. The molecule has 21 heavy (non-hydrogen) atoms. The van der Waals surface area contributed by atoms with Crippen LogP contribution in [0, 0.1) is 11.8 Å². The van der Waals surface area contributed by atoms with Gasteiger partial charge in [-0.1, -0.05) is 51.1 Å². The fraction of sp³-hybridized carbons (Fsp3) is 0.824. The van der Waals surface area contributed by atoms with Gasteiger partial charge in [-0.05, 0) is 38.1 Å². The van der Waals surface area contributed by atoms with Gasteiger partial charge in [0, 0.05) is 13.1 Å². The second-order valence-corrected chi connectivity index (χ2v) is 6.85. The summed E-state index contributed by atoms with van der Waals surface area (Å²) < 4.78 is 2.04. The third-order valence-electron chi connectivity index (χ3n) is 4.85. The third kappa shape index (κ3) is 4.46. The second-order valence-electron chi connectivity index (χ2n) is 6.47. The molecule has 1 fully saturated rings. The molecule has 0 spiro atoms. The Morgan fingerprint density at radius 2 is 1.95 bits per heavy atom. The first-order valence-electron chi connectivity index (χ1n) is 8.60. The summed E-state index contributed by atoms with van der Waals surface area (Å²) >= 11 is 6.43. The van der Waals surface area contributed by atoms with E-state index >= 15 is 0 Å². The van der Waals surface area contributed by atoms with E-state index in [4.69, 9.17) is 11.6 Å². The molecule has 0 radical (unpaired) electrons. The monoisotopic (exact) mass is 311 g/mol. The molecule has 2 rings (SSSR count). The number of nitrogens with one attached hydrogen (secondary N) is 1. The SMILES string of the molecule is CCc1nn(CC)c(CNCCC2CCC(C)CC2)c1Cl. The Balaban J connectivity index is 1.77. The second kappa shape index (κ2) is 8.19. The van der Waals surface area contributed by atoms with Crippen LogP contribution in [0.2, 0.25) is 5.02 Å². The highest BCUT2D eigenvalue weighted by atomic mass is 35.5. The van der Waals surface area contributed by atoms with Crippen molar-refractivity contribution in [3.05, 3.63) is 16.4 Å². The number of hydrogen-bond donors (Lipinski definition) is 1. The van der Waals surface area contributed by atoms with Crippen LogP contribution in [0.25, 0.3) is 0 Å². The first-order chi connectivity index (χ1) is 10.2. The first kappa shape index (κ1) is 16.8. The maximum Gasteiger partial charge on any atom is 0.0863 e. The van der Waals surface area contributed by atoms with Crippen molar-refractivity contribution in [2.24, 2.45) is 11.8 Å². The predicted molar refractivity (Wildman–Crippen MR) is 89.7 cm³/mol. The molecule has 1 aromatic rings. The minimum Gasteiger partial charge on any atom is -0.311 e. The van der Waals surface area contributed by atoms with Crippen molar-refractivity contribution >= 4 is 11.6 Å². The van der Waals surface area contributed by atoms with Crippen molar-refractivity contribution in [3.63, 3.8) is 0 Å². The summed E-state index contributed by atoms with van der Waals surface area (Å²) in [5, 5.41) is 9.00. The number of rotatable bonds is 7. The topological polar surface area (TPSA) is 29.9 Å². The van der Waals surface area contributed by atoms with Crippen molar-refractivity contribution in [2.75, 3.05) is 6.54 Å². The van der Waals surface area contributed by atoms with Crippen LogP contribution in [0.15, 0.2) is 0 Å². The lowest BCUT2D eigenvalue weighted by Gasteiger charge is -2.26. The Morgan fingerprint density at radius 3 is 2.57 bits per heavy atom. The van der Waals surface area contributed by atoms with E-state index in [1.165, 1.54) is 32.1 Å². The molecule has 1 heterocycles. The Labute approximate surface area is 134 Å². The number of nitrogens with zero attached hydrogens (tertiary/aromatic N) is 2. The fourth-order valence-electron chi connectivity index (χ4n) is 3.32. The molecule has 0 unspecified atom stereocenters. The molecule has 0 aliphatic heterocycles. The first-order valence-corrected chi connectivity index (χ1v) is 8.98. The van der Waals surface area contributed by atoms with Gasteiger partial charge in [0.1, 0.15) is 0 Å². The summed E-state index contributed by atoms with van der Waals surface area (Å²) in [4.78, 5) is 0. The highest BCUT2D eigenvalue weighted by molar-refractivity contribution is 6.31. The van der Waals surface area contributed by atoms with Gasteiger partial charge in [-0.3, -0.25) is 4.68 Å². The molecule has 1 N–H and O–H groups in total. The van der Waals surface area contributed by atoms with E-state index in [1.807, 2.05) is 4.68 Å². The Morgan fingerprint density at radius 1 is 1.24 bits per heavy atom. The largest absolute Gasteiger partial charge is 0.311 e. The fourth-order valence-corrected chi connectivity index (χ4v) is 3.65. The van der Waals surface area contributed by atoms with E-state index in [1.54, 1.807) is 0 Å². The molecule has 0 aromatic carbocycles. The average molecular weight is 312 g/mol. The molecule has 4 heteroatoms. The molecule has 1 aliphatic carbocycles. The van der Waals surface area contributed by atoms with Gasteiger partial charge in [-0.25, -0.2) is 0 Å². The van der Waals surface area contributed by atoms with Gasteiger partial charge in [0.15, 0.2) is 0 Å². The van der Waals surface area contributed by atoms with Gasteiger partial charge >= 0.3 is 0 Å². The summed E-state index contributed by atoms with van der Waals surface area (Å²) in [7, 11) is 0.